The standard InChI is InChI=1S/C26H22N6O2/c1-16-6-7-19(13-17(16)2)25(33)34-22-10-8-21(9-11-22)29-23-14-18(3)28-26-30-24(31-32(23)26)20-5-4-12-27-15-20/h4-15,29H,1-3H3. The maximum absolute atomic E-state index is 12.5. The van der Waals surface area contributed by atoms with Crippen LogP contribution in [0, 0.1) is 20.8 Å². The van der Waals surface area contributed by atoms with Gasteiger partial charge in [-0.15, -0.1) is 5.10 Å². The molecule has 8 nitrogen and oxygen atoms in total. The summed E-state index contributed by atoms with van der Waals surface area (Å²) in [7, 11) is 0. The number of anilines is 2. The lowest BCUT2D eigenvalue weighted by atomic mass is 10.1. The summed E-state index contributed by atoms with van der Waals surface area (Å²) in [5, 5.41) is 7.94. The first kappa shape index (κ1) is 21.3. The van der Waals surface area contributed by atoms with Crippen LogP contribution in [0.25, 0.3) is 17.2 Å². The van der Waals surface area contributed by atoms with E-state index in [-0.39, 0.29) is 5.97 Å². The zero-order valence-electron chi connectivity index (χ0n) is 19.0. The summed E-state index contributed by atoms with van der Waals surface area (Å²) in [5.74, 6) is 1.82. The van der Waals surface area contributed by atoms with Crippen LogP contribution in [0.4, 0.5) is 11.5 Å². The number of hydrogen-bond donors (Lipinski definition) is 1. The number of fused-ring (bicyclic) bond motifs is 1. The number of carbonyl (C=O) groups excluding carboxylic acids is 1. The van der Waals surface area contributed by atoms with Crippen molar-refractivity contribution in [1.82, 2.24) is 24.6 Å². The maximum Gasteiger partial charge on any atom is 0.343 e. The van der Waals surface area contributed by atoms with E-state index < -0.39 is 0 Å². The quantitative estimate of drug-likeness (QED) is 0.295. The Bertz CT molecular complexity index is 1490. The minimum absolute atomic E-state index is 0.388. The van der Waals surface area contributed by atoms with Crippen LogP contribution in [0.2, 0.25) is 0 Å². The van der Waals surface area contributed by atoms with Gasteiger partial charge in [0, 0.05) is 35.4 Å². The predicted molar refractivity (Wildman–Crippen MR) is 129 cm³/mol. The number of carbonyl (C=O) groups is 1. The van der Waals surface area contributed by atoms with Crippen molar-refractivity contribution in [3.8, 4) is 17.1 Å². The Balaban J connectivity index is 1.36. The number of aryl methyl sites for hydroxylation is 3. The van der Waals surface area contributed by atoms with Gasteiger partial charge in [-0.25, -0.2) is 9.78 Å². The summed E-state index contributed by atoms with van der Waals surface area (Å²) >= 11 is 0. The Labute approximate surface area is 196 Å². The van der Waals surface area contributed by atoms with Crippen LogP contribution in [0.15, 0.2) is 73.1 Å². The van der Waals surface area contributed by atoms with E-state index in [0.717, 1.165) is 28.1 Å². The molecule has 5 rings (SSSR count). The molecule has 0 aliphatic rings. The summed E-state index contributed by atoms with van der Waals surface area (Å²) in [6.07, 6.45) is 3.42. The summed E-state index contributed by atoms with van der Waals surface area (Å²) in [6.45, 7) is 5.88. The second-order valence-electron chi connectivity index (χ2n) is 8.01. The monoisotopic (exact) mass is 450 g/mol. The van der Waals surface area contributed by atoms with Crippen molar-refractivity contribution in [1.29, 1.82) is 0 Å². The van der Waals surface area contributed by atoms with Crippen LogP contribution >= 0.6 is 0 Å². The van der Waals surface area contributed by atoms with Crippen LogP contribution < -0.4 is 10.1 Å². The van der Waals surface area contributed by atoms with Gasteiger partial charge in [0.05, 0.1) is 5.56 Å². The third kappa shape index (κ3) is 4.33. The topological polar surface area (TPSA) is 94.3 Å². The van der Waals surface area contributed by atoms with Gasteiger partial charge >= 0.3 is 5.97 Å². The lowest BCUT2D eigenvalue weighted by Crippen LogP contribution is -2.09. The lowest BCUT2D eigenvalue weighted by Gasteiger charge is -2.10. The molecule has 0 aliphatic heterocycles. The highest BCUT2D eigenvalue weighted by molar-refractivity contribution is 5.91. The highest BCUT2D eigenvalue weighted by atomic mass is 16.5. The van der Waals surface area contributed by atoms with Crippen LogP contribution in [-0.4, -0.2) is 30.5 Å². The maximum atomic E-state index is 12.5. The minimum Gasteiger partial charge on any atom is -0.423 e. The number of esters is 1. The van der Waals surface area contributed by atoms with E-state index in [0.29, 0.717) is 28.7 Å². The number of aromatic nitrogens is 5. The van der Waals surface area contributed by atoms with E-state index >= 15 is 0 Å². The van der Waals surface area contributed by atoms with Crippen molar-refractivity contribution >= 4 is 23.3 Å². The molecule has 2 aromatic carbocycles. The molecule has 0 aliphatic carbocycles. The van der Waals surface area contributed by atoms with Gasteiger partial charge in [0.15, 0.2) is 5.82 Å². The van der Waals surface area contributed by atoms with Crippen molar-refractivity contribution in [2.45, 2.75) is 20.8 Å². The normalized spacial score (nSPS) is 10.9. The average Bonchev–Trinajstić information content (AvgIpc) is 3.27. The first-order valence-electron chi connectivity index (χ1n) is 10.8. The van der Waals surface area contributed by atoms with Crippen LogP contribution in [0.1, 0.15) is 27.2 Å². The Kier molecular flexibility index (Phi) is 5.47. The molecule has 5 aromatic rings. The van der Waals surface area contributed by atoms with E-state index in [4.69, 9.17) is 4.74 Å². The second-order valence-corrected chi connectivity index (χ2v) is 8.01. The molecule has 168 valence electrons. The number of nitrogens with zero attached hydrogens (tertiary/aromatic N) is 5. The van der Waals surface area contributed by atoms with Crippen molar-refractivity contribution in [2.24, 2.45) is 0 Å². The summed E-state index contributed by atoms with van der Waals surface area (Å²) in [5.41, 5.74) is 5.12. The molecular formula is C26H22N6O2. The highest BCUT2D eigenvalue weighted by Crippen LogP contribution is 2.23. The van der Waals surface area contributed by atoms with Crippen molar-refractivity contribution in [3.63, 3.8) is 0 Å². The van der Waals surface area contributed by atoms with E-state index in [1.807, 2.05) is 63.2 Å². The highest BCUT2D eigenvalue weighted by Gasteiger charge is 2.13. The zero-order valence-corrected chi connectivity index (χ0v) is 19.0. The molecule has 1 N–H and O–H groups in total. The molecule has 34 heavy (non-hydrogen) atoms. The average molecular weight is 451 g/mol. The molecule has 3 heterocycles. The van der Waals surface area contributed by atoms with Gasteiger partial charge in [-0.2, -0.15) is 9.50 Å². The number of hydrogen-bond acceptors (Lipinski definition) is 7. The second kappa shape index (κ2) is 8.74. The Morgan fingerprint density at radius 1 is 0.941 bits per heavy atom. The van der Waals surface area contributed by atoms with Crippen molar-refractivity contribution < 1.29 is 9.53 Å². The lowest BCUT2D eigenvalue weighted by molar-refractivity contribution is 0.0734. The van der Waals surface area contributed by atoms with Crippen LogP contribution in [0.5, 0.6) is 5.75 Å². The van der Waals surface area contributed by atoms with Gasteiger partial charge in [0.1, 0.15) is 11.6 Å². The molecule has 8 heteroatoms. The van der Waals surface area contributed by atoms with Gasteiger partial charge in [0.25, 0.3) is 5.78 Å². The van der Waals surface area contributed by atoms with E-state index in [1.54, 1.807) is 35.1 Å². The van der Waals surface area contributed by atoms with E-state index in [2.05, 4.69) is 25.4 Å². The number of benzene rings is 2. The fourth-order valence-corrected chi connectivity index (χ4v) is 3.48. The molecular weight excluding hydrogens is 428 g/mol. The van der Waals surface area contributed by atoms with Crippen LogP contribution in [0.3, 0.4) is 0 Å². The smallest absolute Gasteiger partial charge is 0.343 e. The summed E-state index contributed by atoms with van der Waals surface area (Å²) in [6, 6.07) is 18.3. The molecule has 0 amide bonds. The molecule has 0 spiro atoms. The van der Waals surface area contributed by atoms with Gasteiger partial charge in [-0.1, -0.05) is 6.07 Å². The molecule has 0 radical (unpaired) electrons. The van der Waals surface area contributed by atoms with Crippen LogP contribution in [-0.2, 0) is 0 Å². The Hall–Kier alpha value is -4.59. The predicted octanol–water partition coefficient (Wildman–Crippen LogP) is 5.07. The first-order valence-corrected chi connectivity index (χ1v) is 10.8. The molecule has 0 saturated carbocycles. The Morgan fingerprint density at radius 3 is 2.50 bits per heavy atom. The number of pyridine rings is 1. The molecule has 3 aromatic heterocycles. The third-order valence-electron chi connectivity index (χ3n) is 5.44. The Morgan fingerprint density at radius 2 is 1.76 bits per heavy atom. The zero-order chi connectivity index (χ0) is 23.7. The summed E-state index contributed by atoms with van der Waals surface area (Å²) < 4.78 is 7.19. The summed E-state index contributed by atoms with van der Waals surface area (Å²) in [4.78, 5) is 25.6. The van der Waals surface area contributed by atoms with Gasteiger partial charge in [0.2, 0.25) is 0 Å². The van der Waals surface area contributed by atoms with E-state index in [9.17, 15) is 4.79 Å². The molecule has 0 fully saturated rings. The number of ether oxygens (including phenoxy) is 1. The van der Waals surface area contributed by atoms with Gasteiger partial charge in [-0.05, 0) is 80.4 Å². The minimum atomic E-state index is -0.388. The molecule has 0 saturated heterocycles. The third-order valence-corrected chi connectivity index (χ3v) is 5.44. The first-order chi connectivity index (χ1) is 16.5. The van der Waals surface area contributed by atoms with Gasteiger partial charge in [-0.3, -0.25) is 4.98 Å². The molecule has 0 atom stereocenters. The number of rotatable bonds is 5. The van der Waals surface area contributed by atoms with Crippen molar-refractivity contribution in [2.75, 3.05) is 5.32 Å². The molecule has 0 unspecified atom stereocenters. The van der Waals surface area contributed by atoms with Crippen molar-refractivity contribution in [3.05, 3.63) is 95.4 Å². The fraction of sp³-hybridized carbons (Fsp3) is 0.115. The SMILES string of the molecule is Cc1cc(Nc2ccc(OC(=O)c3ccc(C)c(C)c3)cc2)n2nc(-c3cccnc3)nc2n1. The fourth-order valence-electron chi connectivity index (χ4n) is 3.48. The van der Waals surface area contributed by atoms with Gasteiger partial charge < -0.3 is 10.1 Å². The molecule has 0 bridgehead atoms. The van der Waals surface area contributed by atoms with E-state index in [1.165, 1.54) is 0 Å². The largest absolute Gasteiger partial charge is 0.423 e. The number of nitrogens with one attached hydrogen (secondary N) is 1.